The molecule has 3 rings (SSSR count). The molecule has 0 saturated carbocycles. The van der Waals surface area contributed by atoms with E-state index in [1.807, 2.05) is 26.2 Å². The Morgan fingerprint density at radius 2 is 1.95 bits per heavy atom. The summed E-state index contributed by atoms with van der Waals surface area (Å²) in [5, 5.41) is 5.19. The molecule has 2 N–H and O–H groups in total. The molecular formula is C14H15FN4. The van der Waals surface area contributed by atoms with Crippen LogP contribution in [0, 0.1) is 12.7 Å². The van der Waals surface area contributed by atoms with Crippen LogP contribution in [0.3, 0.4) is 0 Å². The minimum absolute atomic E-state index is 0.243. The van der Waals surface area contributed by atoms with Gasteiger partial charge in [0.25, 0.3) is 0 Å². The van der Waals surface area contributed by atoms with Crippen LogP contribution < -0.4 is 5.73 Å². The molecule has 0 bridgehead atoms. The van der Waals surface area contributed by atoms with E-state index in [9.17, 15) is 4.39 Å². The van der Waals surface area contributed by atoms with Crippen molar-refractivity contribution in [3.8, 4) is 11.3 Å². The van der Waals surface area contributed by atoms with Gasteiger partial charge in [-0.3, -0.25) is 4.68 Å². The van der Waals surface area contributed by atoms with Crippen molar-refractivity contribution in [3.05, 3.63) is 35.8 Å². The van der Waals surface area contributed by atoms with Crippen LogP contribution in [0.2, 0.25) is 0 Å². The summed E-state index contributed by atoms with van der Waals surface area (Å²) < 4.78 is 17.6. The molecule has 98 valence electrons. The Morgan fingerprint density at radius 3 is 2.58 bits per heavy atom. The van der Waals surface area contributed by atoms with Gasteiger partial charge >= 0.3 is 0 Å². The summed E-state index contributed by atoms with van der Waals surface area (Å²) in [5.41, 5.74) is 8.85. The second kappa shape index (κ2) is 3.85. The predicted octanol–water partition coefficient (Wildman–Crippen LogP) is 2.61. The number of aromatic nitrogens is 3. The van der Waals surface area contributed by atoms with Gasteiger partial charge in [-0.15, -0.1) is 0 Å². The number of rotatable bonds is 1. The van der Waals surface area contributed by atoms with E-state index in [1.54, 1.807) is 22.4 Å². The molecule has 0 unspecified atom stereocenters. The first-order chi connectivity index (χ1) is 8.97. The lowest BCUT2D eigenvalue weighted by Gasteiger charge is -2.02. The molecule has 4 nitrogen and oxygen atoms in total. The summed E-state index contributed by atoms with van der Waals surface area (Å²) in [6, 6.07) is 5.21. The summed E-state index contributed by atoms with van der Waals surface area (Å²) in [5.74, 6) is 0.313. The second-order valence-electron chi connectivity index (χ2n) is 4.86. The standard InChI is InChI=1S/C14H15FN4/c1-8-7-18(2)14-10(8)4-9(5-11(14)15)12-6-13(16)19(3)17-12/h4-7H,16H2,1-3H3. The molecule has 3 aromatic rings. The van der Waals surface area contributed by atoms with Gasteiger partial charge < -0.3 is 10.3 Å². The Balaban J connectivity index is 2.28. The molecule has 0 amide bonds. The highest BCUT2D eigenvalue weighted by molar-refractivity contribution is 5.88. The van der Waals surface area contributed by atoms with Crippen molar-refractivity contribution in [2.24, 2.45) is 14.1 Å². The monoisotopic (exact) mass is 258 g/mol. The quantitative estimate of drug-likeness (QED) is 0.729. The number of anilines is 1. The lowest BCUT2D eigenvalue weighted by atomic mass is 10.1. The molecule has 0 atom stereocenters. The maximum Gasteiger partial charge on any atom is 0.148 e. The zero-order valence-corrected chi connectivity index (χ0v) is 11.1. The first-order valence-corrected chi connectivity index (χ1v) is 6.02. The predicted molar refractivity (Wildman–Crippen MR) is 74.2 cm³/mol. The van der Waals surface area contributed by atoms with Gasteiger partial charge in [-0.25, -0.2) is 4.39 Å². The Kier molecular flexibility index (Phi) is 2.38. The molecule has 2 aromatic heterocycles. The average molecular weight is 258 g/mol. The number of nitrogen functional groups attached to an aromatic ring is 1. The van der Waals surface area contributed by atoms with Crippen LogP contribution in [-0.4, -0.2) is 14.3 Å². The first-order valence-electron chi connectivity index (χ1n) is 6.02. The maximum atomic E-state index is 14.2. The summed E-state index contributed by atoms with van der Waals surface area (Å²) in [4.78, 5) is 0. The van der Waals surface area contributed by atoms with Crippen LogP contribution >= 0.6 is 0 Å². The SMILES string of the molecule is Cc1cn(C)c2c(F)cc(-c3cc(N)n(C)n3)cc12. The second-order valence-corrected chi connectivity index (χ2v) is 4.86. The van der Waals surface area contributed by atoms with E-state index in [-0.39, 0.29) is 5.82 Å². The van der Waals surface area contributed by atoms with E-state index in [0.29, 0.717) is 17.0 Å². The maximum absolute atomic E-state index is 14.2. The third-order valence-corrected chi connectivity index (χ3v) is 3.44. The van der Waals surface area contributed by atoms with Gasteiger partial charge in [0.1, 0.15) is 11.6 Å². The highest BCUT2D eigenvalue weighted by Crippen LogP contribution is 2.29. The number of hydrogen-bond donors (Lipinski definition) is 1. The van der Waals surface area contributed by atoms with E-state index in [0.717, 1.165) is 16.5 Å². The highest BCUT2D eigenvalue weighted by atomic mass is 19.1. The van der Waals surface area contributed by atoms with Gasteiger partial charge in [0.2, 0.25) is 0 Å². The van der Waals surface area contributed by atoms with Gasteiger partial charge in [0, 0.05) is 37.3 Å². The number of nitrogens with two attached hydrogens (primary N) is 1. The van der Waals surface area contributed by atoms with Gasteiger partial charge in [0.05, 0.1) is 11.2 Å². The van der Waals surface area contributed by atoms with Crippen molar-refractivity contribution in [2.75, 3.05) is 5.73 Å². The highest BCUT2D eigenvalue weighted by Gasteiger charge is 2.13. The van der Waals surface area contributed by atoms with Crippen molar-refractivity contribution in [1.29, 1.82) is 0 Å². The van der Waals surface area contributed by atoms with E-state index in [1.165, 1.54) is 6.07 Å². The zero-order valence-electron chi connectivity index (χ0n) is 11.1. The van der Waals surface area contributed by atoms with Crippen LogP contribution in [0.4, 0.5) is 10.2 Å². The number of hydrogen-bond acceptors (Lipinski definition) is 2. The number of halogens is 1. The van der Waals surface area contributed by atoms with E-state index in [4.69, 9.17) is 5.73 Å². The molecule has 0 spiro atoms. The summed E-state index contributed by atoms with van der Waals surface area (Å²) >= 11 is 0. The largest absolute Gasteiger partial charge is 0.384 e. The van der Waals surface area contributed by atoms with Gasteiger partial charge in [-0.2, -0.15) is 5.10 Å². The number of benzene rings is 1. The molecule has 0 saturated heterocycles. The number of fused-ring (bicyclic) bond motifs is 1. The third-order valence-electron chi connectivity index (χ3n) is 3.44. The van der Waals surface area contributed by atoms with Crippen molar-refractivity contribution in [2.45, 2.75) is 6.92 Å². The van der Waals surface area contributed by atoms with E-state index < -0.39 is 0 Å². The van der Waals surface area contributed by atoms with Crippen molar-refractivity contribution in [3.63, 3.8) is 0 Å². The molecule has 0 aliphatic heterocycles. The smallest absolute Gasteiger partial charge is 0.148 e. The number of aryl methyl sites for hydroxylation is 3. The third kappa shape index (κ3) is 1.69. The van der Waals surface area contributed by atoms with Gasteiger partial charge in [-0.05, 0) is 24.6 Å². The Morgan fingerprint density at radius 1 is 1.21 bits per heavy atom. The molecule has 1 aromatic carbocycles. The van der Waals surface area contributed by atoms with Crippen LogP contribution in [0.5, 0.6) is 0 Å². The Bertz CT molecular complexity index is 763. The lowest BCUT2D eigenvalue weighted by molar-refractivity contribution is 0.632. The molecule has 0 fully saturated rings. The Labute approximate surface area is 110 Å². The molecule has 0 radical (unpaired) electrons. The van der Waals surface area contributed by atoms with E-state index >= 15 is 0 Å². The molecule has 2 heterocycles. The topological polar surface area (TPSA) is 48.8 Å². The number of nitrogens with zero attached hydrogens (tertiary/aromatic N) is 3. The Hall–Kier alpha value is -2.30. The lowest BCUT2D eigenvalue weighted by Crippen LogP contribution is -1.96. The molecule has 5 heteroatoms. The minimum Gasteiger partial charge on any atom is -0.384 e. The summed E-state index contributed by atoms with van der Waals surface area (Å²) in [6.07, 6.45) is 1.92. The van der Waals surface area contributed by atoms with Crippen molar-refractivity contribution >= 4 is 16.7 Å². The van der Waals surface area contributed by atoms with E-state index in [2.05, 4.69) is 5.10 Å². The van der Waals surface area contributed by atoms with Gasteiger partial charge in [0.15, 0.2) is 0 Å². The fourth-order valence-corrected chi connectivity index (χ4v) is 2.45. The normalized spacial score (nSPS) is 11.4. The molecule has 0 aliphatic carbocycles. The first kappa shape index (κ1) is 11.8. The fraction of sp³-hybridized carbons (Fsp3) is 0.214. The minimum atomic E-state index is -0.243. The average Bonchev–Trinajstić information content (AvgIpc) is 2.81. The van der Waals surface area contributed by atoms with Crippen LogP contribution in [0.15, 0.2) is 24.4 Å². The van der Waals surface area contributed by atoms with Crippen LogP contribution in [-0.2, 0) is 14.1 Å². The molecule has 0 aliphatic rings. The van der Waals surface area contributed by atoms with Gasteiger partial charge in [-0.1, -0.05) is 0 Å². The zero-order chi connectivity index (χ0) is 13.7. The summed E-state index contributed by atoms with van der Waals surface area (Å²) in [7, 11) is 3.61. The fourth-order valence-electron chi connectivity index (χ4n) is 2.45. The van der Waals surface area contributed by atoms with Crippen molar-refractivity contribution in [1.82, 2.24) is 14.3 Å². The van der Waals surface area contributed by atoms with Crippen molar-refractivity contribution < 1.29 is 4.39 Å². The van der Waals surface area contributed by atoms with Crippen LogP contribution in [0.1, 0.15) is 5.56 Å². The van der Waals surface area contributed by atoms with Crippen LogP contribution in [0.25, 0.3) is 22.2 Å². The summed E-state index contributed by atoms with van der Waals surface area (Å²) in [6.45, 7) is 1.97. The molecule has 19 heavy (non-hydrogen) atoms. The molecular weight excluding hydrogens is 243 g/mol.